The second-order valence-corrected chi connectivity index (χ2v) is 2.99. The molecule has 1 aromatic heterocycles. The van der Waals surface area contributed by atoms with Crippen LogP contribution in [0.1, 0.15) is 13.8 Å². The van der Waals surface area contributed by atoms with Gasteiger partial charge in [0.05, 0.1) is 0 Å². The maximum atomic E-state index is 3.04. The summed E-state index contributed by atoms with van der Waals surface area (Å²) in [5.41, 5.74) is 1.26. The van der Waals surface area contributed by atoms with Crippen LogP contribution in [0.25, 0.3) is 10.9 Å². The fraction of sp³-hybridized carbons (Fsp3) is 0.250. The van der Waals surface area contributed by atoms with Crippen molar-refractivity contribution in [2.45, 2.75) is 13.8 Å². The predicted octanol–water partition coefficient (Wildman–Crippen LogP) is 3.21. The third kappa shape index (κ3) is 3.55. The van der Waals surface area contributed by atoms with Gasteiger partial charge in [0.2, 0.25) is 0 Å². The normalized spacial score (nSPS) is 8.79. The van der Waals surface area contributed by atoms with Crippen LogP contribution >= 0.6 is 0 Å². The number of nitrogens with zero attached hydrogens (tertiary/aromatic N) is 1. The Labute approximate surface area is 111 Å². The summed E-state index contributed by atoms with van der Waals surface area (Å²) in [4.78, 5) is 0. The van der Waals surface area contributed by atoms with Crippen LogP contribution in [0.5, 0.6) is 0 Å². The number of rotatable bonds is 0. The molecule has 2 aromatic rings. The van der Waals surface area contributed by atoms with E-state index in [1.54, 1.807) is 0 Å². The molecular formula is C12H15NY+. The molecule has 0 aliphatic rings. The zero-order chi connectivity index (χ0) is 9.68. The van der Waals surface area contributed by atoms with E-state index in [1.807, 2.05) is 39.4 Å². The van der Waals surface area contributed by atoms with Gasteiger partial charge in [0, 0.05) is 7.05 Å². The summed E-state index contributed by atoms with van der Waals surface area (Å²) in [6.45, 7) is 4.00. The second kappa shape index (κ2) is 7.19. The number of hydrogen-bond donors (Lipinski definition) is 0. The van der Waals surface area contributed by atoms with Crippen molar-refractivity contribution in [3.63, 3.8) is 0 Å². The number of aryl methyl sites for hydroxylation is 1. The molecule has 1 aromatic carbocycles. The monoisotopic (exact) mass is 262 g/mol. The van der Waals surface area contributed by atoms with E-state index >= 15 is 0 Å². The van der Waals surface area contributed by atoms with E-state index in [0.29, 0.717) is 0 Å². The van der Waals surface area contributed by atoms with Crippen molar-refractivity contribution in [3.8, 4) is 0 Å². The first-order chi connectivity index (χ1) is 6.29. The molecule has 1 nitrogen and oxygen atoms in total. The summed E-state index contributed by atoms with van der Waals surface area (Å²) in [7, 11) is 2.04. The third-order valence-corrected chi connectivity index (χ3v) is 1.73. The van der Waals surface area contributed by atoms with E-state index < -0.39 is 0 Å². The van der Waals surface area contributed by atoms with Crippen molar-refractivity contribution in [1.82, 2.24) is 4.57 Å². The number of aromatic nitrogens is 1. The van der Waals surface area contributed by atoms with Crippen LogP contribution in [0.4, 0.5) is 0 Å². The molecule has 0 unspecified atom stereocenters. The molecule has 0 amide bonds. The third-order valence-electron chi connectivity index (χ3n) is 1.73. The molecule has 14 heavy (non-hydrogen) atoms. The fourth-order valence-electron chi connectivity index (χ4n) is 1.16. The summed E-state index contributed by atoms with van der Waals surface area (Å²) in [5.74, 6) is 0. The van der Waals surface area contributed by atoms with Crippen molar-refractivity contribution in [1.29, 1.82) is 0 Å². The van der Waals surface area contributed by atoms with Crippen molar-refractivity contribution in [2.24, 2.45) is 7.05 Å². The molecule has 0 bridgehead atoms. The van der Waals surface area contributed by atoms with Crippen LogP contribution in [0.15, 0.2) is 30.5 Å². The molecule has 0 atom stereocenters. The second-order valence-electron chi connectivity index (χ2n) is 2.99. The van der Waals surface area contributed by atoms with Crippen molar-refractivity contribution < 1.29 is 32.7 Å². The summed E-state index contributed by atoms with van der Waals surface area (Å²) >= 11 is 0. The van der Waals surface area contributed by atoms with Gasteiger partial charge in [-0.15, -0.1) is 11.5 Å². The molecule has 0 radical (unpaired) electrons. The average molecular weight is 262 g/mol. The standard InChI is InChI=1S/C9H8N.C3H7.Y/c1-10-7-6-8-4-2-3-5-9(8)10;1-3-2;/h3-7H,1H3;3H,1-2H3;/q2*-1;+3. The fourth-order valence-corrected chi connectivity index (χ4v) is 1.16. The van der Waals surface area contributed by atoms with Crippen LogP contribution in [0.2, 0.25) is 0 Å². The molecule has 0 fully saturated rings. The maximum Gasteiger partial charge on any atom is 3.00 e. The number of hydrogen-bond acceptors (Lipinski definition) is 0. The van der Waals surface area contributed by atoms with Crippen LogP contribution < -0.4 is 0 Å². The average Bonchev–Trinajstić information content (AvgIpc) is 2.50. The van der Waals surface area contributed by atoms with Gasteiger partial charge in [-0.2, -0.15) is 32.0 Å². The molecular weight excluding hydrogens is 247 g/mol. The molecule has 0 aliphatic carbocycles. The van der Waals surface area contributed by atoms with Crippen LogP contribution in [-0.4, -0.2) is 4.57 Å². The summed E-state index contributed by atoms with van der Waals surface area (Å²) in [6.07, 6.45) is 4.05. The van der Waals surface area contributed by atoms with Gasteiger partial charge < -0.3 is 11.0 Å². The molecule has 1 heterocycles. The van der Waals surface area contributed by atoms with Gasteiger partial charge >= 0.3 is 32.7 Å². The SMILES string of the molecule is C[CH-]C.Cn1ccc2c[c-]ccc21.[Y+3]. The molecule has 0 aliphatic heterocycles. The van der Waals surface area contributed by atoms with Gasteiger partial charge in [0.1, 0.15) is 0 Å². The van der Waals surface area contributed by atoms with Crippen LogP contribution in [-0.2, 0) is 39.8 Å². The van der Waals surface area contributed by atoms with Gasteiger partial charge in [-0.25, -0.2) is 0 Å². The molecule has 2 heteroatoms. The molecule has 0 N–H and O–H groups in total. The molecule has 70 valence electrons. The smallest absolute Gasteiger partial charge is 0.374 e. The minimum Gasteiger partial charge on any atom is -0.374 e. The molecule has 0 saturated carbocycles. The molecule has 2 rings (SSSR count). The largest absolute Gasteiger partial charge is 3.00 e. The van der Waals surface area contributed by atoms with Crippen LogP contribution in [0, 0.1) is 12.5 Å². The quantitative estimate of drug-likeness (QED) is 0.642. The summed E-state index contributed by atoms with van der Waals surface area (Å²) in [5, 5.41) is 1.25. The maximum absolute atomic E-state index is 3.04. The van der Waals surface area contributed by atoms with E-state index in [-0.39, 0.29) is 32.7 Å². The Kier molecular flexibility index (Phi) is 7.12. The zero-order valence-electron chi connectivity index (χ0n) is 8.99. The minimum absolute atomic E-state index is 0. The first kappa shape index (κ1) is 13.9. The first-order valence-electron chi connectivity index (χ1n) is 4.44. The Bertz CT molecular complexity index is 365. The van der Waals surface area contributed by atoms with Gasteiger partial charge in [0.25, 0.3) is 0 Å². The molecule has 0 spiro atoms. The number of fused-ring (bicyclic) bond motifs is 1. The zero-order valence-corrected chi connectivity index (χ0v) is 11.8. The van der Waals surface area contributed by atoms with Gasteiger partial charge in [-0.1, -0.05) is 11.6 Å². The van der Waals surface area contributed by atoms with Crippen molar-refractivity contribution in [2.75, 3.05) is 0 Å². The Hall–Kier alpha value is -0.136. The topological polar surface area (TPSA) is 4.93 Å². The Morgan fingerprint density at radius 1 is 1.29 bits per heavy atom. The van der Waals surface area contributed by atoms with Crippen molar-refractivity contribution in [3.05, 3.63) is 42.9 Å². The Balaban J connectivity index is 0.000000381. The van der Waals surface area contributed by atoms with E-state index in [0.717, 1.165) is 0 Å². The summed E-state index contributed by atoms with van der Waals surface area (Å²) < 4.78 is 2.10. The van der Waals surface area contributed by atoms with Gasteiger partial charge in [0.15, 0.2) is 0 Å². The molecule has 0 saturated heterocycles. The van der Waals surface area contributed by atoms with Gasteiger partial charge in [-0.05, 0) is 6.20 Å². The van der Waals surface area contributed by atoms with E-state index in [4.69, 9.17) is 0 Å². The Morgan fingerprint density at radius 2 is 1.93 bits per heavy atom. The van der Waals surface area contributed by atoms with Crippen molar-refractivity contribution >= 4 is 10.9 Å². The predicted molar refractivity (Wildman–Crippen MR) is 57.4 cm³/mol. The minimum atomic E-state index is 0. The number of benzene rings is 1. The van der Waals surface area contributed by atoms with Gasteiger partial charge in [-0.3, -0.25) is 0 Å². The van der Waals surface area contributed by atoms with Crippen LogP contribution in [0.3, 0.4) is 0 Å². The van der Waals surface area contributed by atoms with E-state index in [2.05, 4.69) is 29.0 Å². The van der Waals surface area contributed by atoms with E-state index in [9.17, 15) is 0 Å². The Morgan fingerprint density at radius 3 is 2.50 bits per heavy atom. The summed E-state index contributed by atoms with van der Waals surface area (Å²) in [6, 6.07) is 11.1. The van der Waals surface area contributed by atoms with E-state index in [1.165, 1.54) is 10.9 Å². The first-order valence-corrected chi connectivity index (χ1v) is 4.44.